The Balaban J connectivity index is 2.04. The Kier molecular flexibility index (Phi) is 4.15. The molecular weight excluding hydrogens is 242 g/mol. The summed E-state index contributed by atoms with van der Waals surface area (Å²) in [4.78, 5) is 10.9. The lowest BCUT2D eigenvalue weighted by Crippen LogP contribution is -2.10. The third-order valence-electron chi connectivity index (χ3n) is 2.78. The lowest BCUT2D eigenvalue weighted by atomic mass is 10.1. The van der Waals surface area contributed by atoms with Gasteiger partial charge in [0, 0.05) is 11.1 Å². The second-order valence-electron chi connectivity index (χ2n) is 4.12. The standard InChI is InChI=1S/C15H15NO3/c16-15(18)12-7-5-11(6-8-12)10-19-14-4-2-1-3-13(14)9-17/h1-8,17H,9-10H2,(H2,16,18). The molecule has 0 unspecified atom stereocenters. The molecule has 4 nitrogen and oxygen atoms in total. The first-order chi connectivity index (χ1) is 9.20. The second kappa shape index (κ2) is 6.02. The smallest absolute Gasteiger partial charge is 0.248 e. The number of benzene rings is 2. The van der Waals surface area contributed by atoms with Crippen molar-refractivity contribution < 1.29 is 14.6 Å². The molecule has 0 fully saturated rings. The number of amides is 1. The van der Waals surface area contributed by atoms with Gasteiger partial charge in [-0.25, -0.2) is 0 Å². The summed E-state index contributed by atoms with van der Waals surface area (Å²) in [5.41, 5.74) is 7.32. The van der Waals surface area contributed by atoms with Crippen molar-refractivity contribution in [2.45, 2.75) is 13.2 Å². The van der Waals surface area contributed by atoms with E-state index in [1.807, 2.05) is 24.3 Å². The van der Waals surface area contributed by atoms with Crippen LogP contribution in [-0.4, -0.2) is 11.0 Å². The lowest BCUT2D eigenvalue weighted by molar-refractivity contribution is 0.1000. The van der Waals surface area contributed by atoms with Gasteiger partial charge in [0.2, 0.25) is 5.91 Å². The molecule has 2 aromatic carbocycles. The zero-order valence-corrected chi connectivity index (χ0v) is 10.4. The van der Waals surface area contributed by atoms with Gasteiger partial charge in [0.15, 0.2) is 0 Å². The topological polar surface area (TPSA) is 72.6 Å². The number of aliphatic hydroxyl groups is 1. The Hall–Kier alpha value is -2.33. The molecule has 0 atom stereocenters. The van der Waals surface area contributed by atoms with Crippen molar-refractivity contribution in [2.24, 2.45) is 5.73 Å². The number of carbonyl (C=O) groups excluding carboxylic acids is 1. The van der Waals surface area contributed by atoms with E-state index in [0.29, 0.717) is 17.9 Å². The maximum Gasteiger partial charge on any atom is 0.248 e. The van der Waals surface area contributed by atoms with Crippen LogP contribution in [0.5, 0.6) is 5.75 Å². The number of ether oxygens (including phenoxy) is 1. The first-order valence-electron chi connectivity index (χ1n) is 5.91. The third kappa shape index (κ3) is 3.33. The van der Waals surface area contributed by atoms with Crippen LogP contribution in [0.1, 0.15) is 21.5 Å². The van der Waals surface area contributed by atoms with Crippen LogP contribution in [0.2, 0.25) is 0 Å². The molecule has 3 N–H and O–H groups in total. The summed E-state index contributed by atoms with van der Waals surface area (Å²) in [6, 6.07) is 14.2. The zero-order chi connectivity index (χ0) is 13.7. The van der Waals surface area contributed by atoms with Crippen LogP contribution in [-0.2, 0) is 13.2 Å². The molecule has 0 aliphatic carbocycles. The molecule has 19 heavy (non-hydrogen) atoms. The molecule has 0 bridgehead atoms. The largest absolute Gasteiger partial charge is 0.489 e. The summed E-state index contributed by atoms with van der Waals surface area (Å²) in [5.74, 6) is 0.210. The van der Waals surface area contributed by atoms with Gasteiger partial charge >= 0.3 is 0 Å². The molecule has 0 aliphatic rings. The predicted molar refractivity (Wildman–Crippen MR) is 71.7 cm³/mol. The Bertz CT molecular complexity index is 564. The van der Waals surface area contributed by atoms with Gasteiger partial charge in [-0.15, -0.1) is 0 Å². The highest BCUT2D eigenvalue weighted by Gasteiger charge is 2.03. The van der Waals surface area contributed by atoms with E-state index in [4.69, 9.17) is 10.5 Å². The fraction of sp³-hybridized carbons (Fsp3) is 0.133. The van der Waals surface area contributed by atoms with Gasteiger partial charge in [0.1, 0.15) is 12.4 Å². The molecule has 0 saturated carbocycles. The minimum absolute atomic E-state index is 0.0587. The van der Waals surface area contributed by atoms with Crippen LogP contribution >= 0.6 is 0 Å². The molecule has 2 aromatic rings. The number of para-hydroxylation sites is 1. The van der Waals surface area contributed by atoms with Crippen molar-refractivity contribution in [3.05, 3.63) is 65.2 Å². The SMILES string of the molecule is NC(=O)c1ccc(COc2ccccc2CO)cc1. The molecule has 0 aliphatic heterocycles. The second-order valence-corrected chi connectivity index (χ2v) is 4.12. The van der Waals surface area contributed by atoms with E-state index >= 15 is 0 Å². The minimum Gasteiger partial charge on any atom is -0.489 e. The number of nitrogens with two attached hydrogens (primary N) is 1. The number of aliphatic hydroxyl groups excluding tert-OH is 1. The third-order valence-corrected chi connectivity index (χ3v) is 2.78. The van der Waals surface area contributed by atoms with Gasteiger partial charge in [-0.2, -0.15) is 0 Å². The molecule has 0 radical (unpaired) electrons. The van der Waals surface area contributed by atoms with Gasteiger partial charge in [-0.1, -0.05) is 30.3 Å². The zero-order valence-electron chi connectivity index (χ0n) is 10.4. The fourth-order valence-electron chi connectivity index (χ4n) is 1.70. The van der Waals surface area contributed by atoms with Gasteiger partial charge in [-0.05, 0) is 23.8 Å². The maximum absolute atomic E-state index is 10.9. The van der Waals surface area contributed by atoms with E-state index < -0.39 is 5.91 Å². The lowest BCUT2D eigenvalue weighted by Gasteiger charge is -2.10. The van der Waals surface area contributed by atoms with Crippen molar-refractivity contribution in [3.63, 3.8) is 0 Å². The van der Waals surface area contributed by atoms with Gasteiger partial charge in [0.05, 0.1) is 6.61 Å². The number of hydrogen-bond donors (Lipinski definition) is 2. The van der Waals surface area contributed by atoms with Crippen LogP contribution < -0.4 is 10.5 Å². The molecule has 0 spiro atoms. The van der Waals surface area contributed by atoms with Gasteiger partial charge in [0.25, 0.3) is 0 Å². The van der Waals surface area contributed by atoms with E-state index in [9.17, 15) is 9.90 Å². The summed E-state index contributed by atoms with van der Waals surface area (Å²) < 4.78 is 5.64. The molecule has 98 valence electrons. The van der Waals surface area contributed by atoms with Crippen LogP contribution in [0.3, 0.4) is 0 Å². The predicted octanol–water partition coefficient (Wildman–Crippen LogP) is 1.86. The Morgan fingerprint density at radius 3 is 2.42 bits per heavy atom. The summed E-state index contributed by atoms with van der Waals surface area (Å²) in [7, 11) is 0. The highest BCUT2D eigenvalue weighted by Crippen LogP contribution is 2.19. The van der Waals surface area contributed by atoms with Crippen molar-refractivity contribution in [3.8, 4) is 5.75 Å². The summed E-state index contributed by atoms with van der Waals surface area (Å²) >= 11 is 0. The molecule has 1 amide bonds. The highest BCUT2D eigenvalue weighted by atomic mass is 16.5. The van der Waals surface area contributed by atoms with E-state index in [1.165, 1.54) is 0 Å². The number of primary amides is 1. The van der Waals surface area contributed by atoms with Crippen LogP contribution in [0.4, 0.5) is 0 Å². The summed E-state index contributed by atoms with van der Waals surface area (Å²) in [5, 5.41) is 9.18. The van der Waals surface area contributed by atoms with Crippen molar-refractivity contribution in [1.29, 1.82) is 0 Å². The van der Waals surface area contributed by atoms with E-state index in [-0.39, 0.29) is 6.61 Å². The number of hydrogen-bond acceptors (Lipinski definition) is 3. The Morgan fingerprint density at radius 2 is 1.79 bits per heavy atom. The van der Waals surface area contributed by atoms with Crippen LogP contribution in [0, 0.1) is 0 Å². The molecule has 2 rings (SSSR count). The Labute approximate surface area is 111 Å². The van der Waals surface area contributed by atoms with Crippen LogP contribution in [0.25, 0.3) is 0 Å². The molecule has 4 heteroatoms. The normalized spacial score (nSPS) is 10.2. The van der Waals surface area contributed by atoms with Gasteiger partial charge in [-0.3, -0.25) is 4.79 Å². The molecule has 0 heterocycles. The first kappa shape index (κ1) is 13.1. The average molecular weight is 257 g/mol. The first-order valence-corrected chi connectivity index (χ1v) is 5.91. The summed E-state index contributed by atoms with van der Waals surface area (Å²) in [6.45, 7) is 0.312. The van der Waals surface area contributed by atoms with Crippen molar-refractivity contribution in [1.82, 2.24) is 0 Å². The monoisotopic (exact) mass is 257 g/mol. The van der Waals surface area contributed by atoms with Gasteiger partial charge < -0.3 is 15.6 Å². The Morgan fingerprint density at radius 1 is 1.11 bits per heavy atom. The minimum atomic E-state index is -0.446. The molecule has 0 saturated heterocycles. The number of rotatable bonds is 5. The fourth-order valence-corrected chi connectivity index (χ4v) is 1.70. The van der Waals surface area contributed by atoms with E-state index in [1.54, 1.807) is 24.3 Å². The van der Waals surface area contributed by atoms with E-state index in [2.05, 4.69) is 0 Å². The summed E-state index contributed by atoms with van der Waals surface area (Å²) in [6.07, 6.45) is 0. The maximum atomic E-state index is 10.9. The quantitative estimate of drug-likeness (QED) is 0.858. The number of carbonyl (C=O) groups is 1. The molecular formula is C15H15NO3. The van der Waals surface area contributed by atoms with Crippen LogP contribution in [0.15, 0.2) is 48.5 Å². The highest BCUT2D eigenvalue weighted by molar-refractivity contribution is 5.92. The van der Waals surface area contributed by atoms with E-state index in [0.717, 1.165) is 11.1 Å². The van der Waals surface area contributed by atoms with Crippen molar-refractivity contribution >= 4 is 5.91 Å². The average Bonchev–Trinajstić information content (AvgIpc) is 2.45. The molecule has 0 aromatic heterocycles. The van der Waals surface area contributed by atoms with Crippen molar-refractivity contribution in [2.75, 3.05) is 0 Å².